The first kappa shape index (κ1) is 16.6. The van der Waals surface area contributed by atoms with Gasteiger partial charge in [0.15, 0.2) is 11.5 Å². The number of halogens is 1. The molecule has 1 aliphatic rings. The molecular formula is C14H21ClN2O3. The molecule has 1 aromatic carbocycles. The quantitative estimate of drug-likeness (QED) is 0.875. The highest BCUT2D eigenvalue weighted by Crippen LogP contribution is 2.33. The molecule has 0 unspecified atom stereocenters. The zero-order chi connectivity index (χ0) is 13.9. The number of ether oxygens (including phenoxy) is 2. The summed E-state index contributed by atoms with van der Waals surface area (Å²) in [6.45, 7) is 2.43. The molecule has 1 aliphatic carbocycles. The highest BCUT2D eigenvalue weighted by molar-refractivity contribution is 5.98. The molecule has 5 nitrogen and oxygen atoms in total. The molecular weight excluding hydrogens is 280 g/mol. The van der Waals surface area contributed by atoms with Crippen molar-refractivity contribution in [2.45, 2.75) is 31.7 Å². The van der Waals surface area contributed by atoms with Crippen LogP contribution in [0.1, 0.15) is 26.2 Å². The van der Waals surface area contributed by atoms with Gasteiger partial charge in [0, 0.05) is 11.8 Å². The number of carbonyl (C=O) groups is 1. The molecule has 0 radical (unpaired) electrons. The lowest BCUT2D eigenvalue weighted by molar-refractivity contribution is -0.123. The number of rotatable bonds is 5. The number of carbonyl (C=O) groups excluding carboxylic acids is 1. The van der Waals surface area contributed by atoms with Gasteiger partial charge in [-0.05, 0) is 38.3 Å². The number of hydrogen-bond donors (Lipinski definition) is 2. The molecule has 1 amide bonds. The monoisotopic (exact) mass is 300 g/mol. The van der Waals surface area contributed by atoms with Gasteiger partial charge in [0.1, 0.15) is 0 Å². The van der Waals surface area contributed by atoms with E-state index in [0.717, 1.165) is 19.3 Å². The van der Waals surface area contributed by atoms with Crippen molar-refractivity contribution in [2.24, 2.45) is 5.73 Å². The van der Waals surface area contributed by atoms with Gasteiger partial charge in [-0.2, -0.15) is 0 Å². The highest BCUT2D eigenvalue weighted by atomic mass is 35.5. The van der Waals surface area contributed by atoms with E-state index in [4.69, 9.17) is 15.2 Å². The van der Waals surface area contributed by atoms with Crippen LogP contribution >= 0.6 is 12.4 Å². The average Bonchev–Trinajstić information content (AvgIpc) is 2.36. The minimum Gasteiger partial charge on any atom is -0.493 e. The summed E-state index contributed by atoms with van der Waals surface area (Å²) in [6, 6.07) is 5.30. The zero-order valence-corrected chi connectivity index (χ0v) is 12.6. The van der Waals surface area contributed by atoms with Crippen LogP contribution in [0, 0.1) is 0 Å². The van der Waals surface area contributed by atoms with Gasteiger partial charge in [-0.3, -0.25) is 4.79 Å². The maximum atomic E-state index is 12.0. The van der Waals surface area contributed by atoms with Crippen molar-refractivity contribution in [3.63, 3.8) is 0 Å². The summed E-state index contributed by atoms with van der Waals surface area (Å²) in [5.41, 5.74) is 5.95. The van der Waals surface area contributed by atoms with Crippen LogP contribution in [0.5, 0.6) is 11.5 Å². The van der Waals surface area contributed by atoms with Crippen LogP contribution in [0.2, 0.25) is 0 Å². The summed E-state index contributed by atoms with van der Waals surface area (Å²) in [4.78, 5) is 12.0. The first-order valence-electron chi connectivity index (χ1n) is 6.50. The number of nitrogens with two attached hydrogens (primary N) is 1. The number of methoxy groups -OCH3 is 1. The standard InChI is InChI=1S/C14H20N2O3.ClH/c1-3-19-12-9-10(5-6-11(12)18-2)16-13(17)14(15)7-4-8-14;/h5-6,9H,3-4,7-8,15H2,1-2H3,(H,16,17);1H. The fraction of sp³-hybridized carbons (Fsp3) is 0.500. The molecule has 6 heteroatoms. The lowest BCUT2D eigenvalue weighted by Crippen LogP contribution is -2.56. The van der Waals surface area contributed by atoms with E-state index in [0.29, 0.717) is 23.8 Å². The Kier molecular flexibility index (Phi) is 5.65. The molecule has 0 spiro atoms. The molecule has 1 aromatic rings. The summed E-state index contributed by atoms with van der Waals surface area (Å²) in [6.07, 6.45) is 2.50. The molecule has 112 valence electrons. The SMILES string of the molecule is CCOc1cc(NC(=O)C2(N)CCC2)ccc1OC.Cl. The second kappa shape index (κ2) is 6.81. The number of hydrogen-bond acceptors (Lipinski definition) is 4. The summed E-state index contributed by atoms with van der Waals surface area (Å²) in [5.74, 6) is 1.12. The smallest absolute Gasteiger partial charge is 0.244 e. The van der Waals surface area contributed by atoms with Gasteiger partial charge in [-0.25, -0.2) is 0 Å². The van der Waals surface area contributed by atoms with E-state index >= 15 is 0 Å². The van der Waals surface area contributed by atoms with Crippen LogP contribution in [0.3, 0.4) is 0 Å². The second-order valence-corrected chi connectivity index (χ2v) is 4.76. The van der Waals surface area contributed by atoms with E-state index in [1.54, 1.807) is 25.3 Å². The fourth-order valence-electron chi connectivity index (χ4n) is 2.06. The lowest BCUT2D eigenvalue weighted by atomic mass is 9.77. The number of amides is 1. The molecule has 20 heavy (non-hydrogen) atoms. The van der Waals surface area contributed by atoms with Crippen molar-refractivity contribution >= 4 is 24.0 Å². The molecule has 0 heterocycles. The number of benzene rings is 1. The highest BCUT2D eigenvalue weighted by Gasteiger charge is 2.40. The van der Waals surface area contributed by atoms with E-state index in [9.17, 15) is 4.79 Å². The van der Waals surface area contributed by atoms with Crippen LogP contribution in [-0.4, -0.2) is 25.2 Å². The van der Waals surface area contributed by atoms with Gasteiger partial charge in [-0.15, -0.1) is 12.4 Å². The average molecular weight is 301 g/mol. The first-order valence-corrected chi connectivity index (χ1v) is 6.50. The van der Waals surface area contributed by atoms with Gasteiger partial charge in [-0.1, -0.05) is 0 Å². The van der Waals surface area contributed by atoms with Crippen molar-refractivity contribution in [1.29, 1.82) is 0 Å². The van der Waals surface area contributed by atoms with Crippen molar-refractivity contribution < 1.29 is 14.3 Å². The van der Waals surface area contributed by atoms with Gasteiger partial charge < -0.3 is 20.5 Å². The lowest BCUT2D eigenvalue weighted by Gasteiger charge is -2.36. The zero-order valence-electron chi connectivity index (χ0n) is 11.8. The Morgan fingerprint density at radius 2 is 2.10 bits per heavy atom. The van der Waals surface area contributed by atoms with E-state index in [-0.39, 0.29) is 18.3 Å². The molecule has 0 atom stereocenters. The molecule has 0 saturated heterocycles. The normalized spacial score (nSPS) is 15.6. The third kappa shape index (κ3) is 3.35. The van der Waals surface area contributed by atoms with Crippen molar-refractivity contribution in [1.82, 2.24) is 0 Å². The van der Waals surface area contributed by atoms with E-state index in [1.165, 1.54) is 0 Å². The van der Waals surface area contributed by atoms with Gasteiger partial charge in [0.05, 0.1) is 19.3 Å². The predicted molar refractivity (Wildman–Crippen MR) is 80.8 cm³/mol. The van der Waals surface area contributed by atoms with E-state index < -0.39 is 5.54 Å². The molecule has 3 N–H and O–H groups in total. The Labute approximate surface area is 125 Å². The Morgan fingerprint density at radius 1 is 1.40 bits per heavy atom. The first-order chi connectivity index (χ1) is 9.09. The van der Waals surface area contributed by atoms with Crippen molar-refractivity contribution in [2.75, 3.05) is 19.0 Å². The maximum Gasteiger partial charge on any atom is 0.244 e. The minimum absolute atomic E-state index is 0. The van der Waals surface area contributed by atoms with Crippen LogP contribution in [0.15, 0.2) is 18.2 Å². The van der Waals surface area contributed by atoms with Crippen LogP contribution < -0.4 is 20.5 Å². The Morgan fingerprint density at radius 3 is 2.60 bits per heavy atom. The summed E-state index contributed by atoms with van der Waals surface area (Å²) < 4.78 is 10.7. The Balaban J connectivity index is 0.00000200. The summed E-state index contributed by atoms with van der Waals surface area (Å²) >= 11 is 0. The van der Waals surface area contributed by atoms with Gasteiger partial charge >= 0.3 is 0 Å². The predicted octanol–water partition coefficient (Wildman–Crippen LogP) is 2.34. The van der Waals surface area contributed by atoms with Crippen LogP contribution in [0.4, 0.5) is 5.69 Å². The molecule has 2 rings (SSSR count). The third-order valence-corrected chi connectivity index (χ3v) is 3.42. The third-order valence-electron chi connectivity index (χ3n) is 3.42. The Hall–Kier alpha value is -1.46. The number of nitrogens with one attached hydrogen (secondary N) is 1. The van der Waals surface area contributed by atoms with Gasteiger partial charge in [0.2, 0.25) is 5.91 Å². The number of anilines is 1. The molecule has 1 saturated carbocycles. The van der Waals surface area contributed by atoms with Gasteiger partial charge in [0.25, 0.3) is 0 Å². The van der Waals surface area contributed by atoms with Crippen LogP contribution in [0.25, 0.3) is 0 Å². The van der Waals surface area contributed by atoms with Crippen molar-refractivity contribution in [3.05, 3.63) is 18.2 Å². The van der Waals surface area contributed by atoms with E-state index in [1.807, 2.05) is 6.92 Å². The van der Waals surface area contributed by atoms with E-state index in [2.05, 4.69) is 5.32 Å². The topological polar surface area (TPSA) is 73.6 Å². The van der Waals surface area contributed by atoms with Crippen LogP contribution in [-0.2, 0) is 4.79 Å². The Bertz CT molecular complexity index is 475. The van der Waals surface area contributed by atoms with Crippen molar-refractivity contribution in [3.8, 4) is 11.5 Å². The summed E-state index contributed by atoms with van der Waals surface area (Å²) in [7, 11) is 1.58. The second-order valence-electron chi connectivity index (χ2n) is 4.76. The minimum atomic E-state index is -0.703. The molecule has 1 fully saturated rings. The summed E-state index contributed by atoms with van der Waals surface area (Å²) in [5, 5.41) is 2.83. The molecule has 0 aliphatic heterocycles. The maximum absolute atomic E-state index is 12.0. The largest absolute Gasteiger partial charge is 0.493 e. The molecule has 0 aromatic heterocycles. The molecule has 0 bridgehead atoms. The fourth-order valence-corrected chi connectivity index (χ4v) is 2.06.